The van der Waals surface area contributed by atoms with Crippen LogP contribution in [0.4, 0.5) is 0 Å². The third-order valence-corrected chi connectivity index (χ3v) is 4.41. The van der Waals surface area contributed by atoms with Crippen molar-refractivity contribution in [2.24, 2.45) is 0 Å². The molecule has 0 unspecified atom stereocenters. The molecule has 0 saturated carbocycles. The van der Waals surface area contributed by atoms with Crippen LogP contribution in [0.25, 0.3) is 0 Å². The number of carbonyl (C=O) groups is 1. The highest BCUT2D eigenvalue weighted by Gasteiger charge is 2.32. The van der Waals surface area contributed by atoms with Gasteiger partial charge in [-0.3, -0.25) is 4.79 Å². The molecule has 1 saturated heterocycles. The van der Waals surface area contributed by atoms with Gasteiger partial charge in [-0.1, -0.05) is 12.1 Å². The summed E-state index contributed by atoms with van der Waals surface area (Å²) in [6.45, 7) is 6.70. The van der Waals surface area contributed by atoms with Crippen molar-refractivity contribution in [3.8, 4) is 0 Å². The normalized spacial score (nSPS) is 20.8. The lowest BCUT2D eigenvalue weighted by Gasteiger charge is -2.19. The molecule has 3 rings (SSSR count). The van der Waals surface area contributed by atoms with Crippen LogP contribution in [0.5, 0.6) is 0 Å². The molecule has 1 aromatic carbocycles. The molecule has 8 heteroatoms. The number of nitrogens with zero attached hydrogens (tertiary/aromatic N) is 5. The lowest BCUT2D eigenvalue weighted by Crippen LogP contribution is -2.43. The van der Waals surface area contributed by atoms with E-state index in [0.717, 1.165) is 24.5 Å². The highest BCUT2D eigenvalue weighted by atomic mass is 16.5. The lowest BCUT2D eigenvalue weighted by molar-refractivity contribution is 0.0513. The first-order valence-corrected chi connectivity index (χ1v) is 8.49. The Morgan fingerprint density at radius 3 is 2.72 bits per heavy atom. The average Bonchev–Trinajstić information content (AvgIpc) is 3.14. The van der Waals surface area contributed by atoms with E-state index in [2.05, 4.69) is 25.7 Å². The number of hydrogen-bond donors (Lipinski definition) is 1. The van der Waals surface area contributed by atoms with E-state index < -0.39 is 0 Å². The van der Waals surface area contributed by atoms with Gasteiger partial charge in [0.15, 0.2) is 0 Å². The van der Waals surface area contributed by atoms with E-state index >= 15 is 0 Å². The third kappa shape index (κ3) is 4.21. The molecule has 2 aromatic rings. The Labute approximate surface area is 147 Å². The van der Waals surface area contributed by atoms with Gasteiger partial charge in [0.2, 0.25) is 0 Å². The van der Waals surface area contributed by atoms with Gasteiger partial charge in [-0.25, -0.2) is 4.68 Å². The average molecular weight is 344 g/mol. The summed E-state index contributed by atoms with van der Waals surface area (Å²) in [7, 11) is 2.04. The zero-order chi connectivity index (χ0) is 17.8. The third-order valence-electron chi connectivity index (χ3n) is 4.41. The minimum atomic E-state index is -0.0739. The molecular weight excluding hydrogens is 320 g/mol. The molecule has 0 spiro atoms. The maximum Gasteiger partial charge on any atom is 0.251 e. The summed E-state index contributed by atoms with van der Waals surface area (Å²) in [4.78, 5) is 14.7. The number of nitrogens with one attached hydrogen (secondary N) is 1. The number of aryl methyl sites for hydroxylation is 1. The minimum Gasteiger partial charge on any atom is -0.375 e. The summed E-state index contributed by atoms with van der Waals surface area (Å²) in [5, 5.41) is 14.5. The molecule has 0 aliphatic carbocycles. The van der Waals surface area contributed by atoms with Gasteiger partial charge in [-0.05, 0) is 49.0 Å². The number of likely N-dealkylation sites (tertiary alicyclic amines) is 1. The maximum absolute atomic E-state index is 12.5. The standard InChI is InChI=1S/C17H24N6O2/c1-4-25-16-11-22(3)10-15(16)18-17(24)14-7-5-13(6-8-14)9-23-12(2)19-20-21-23/h5-8,15-16H,4,9-11H2,1-3H3,(H,18,24)/t15-,16-/m1/s1. The van der Waals surface area contributed by atoms with E-state index in [9.17, 15) is 4.79 Å². The van der Waals surface area contributed by atoms with Crippen molar-refractivity contribution in [2.75, 3.05) is 26.7 Å². The molecule has 8 nitrogen and oxygen atoms in total. The Bertz CT molecular complexity index is 714. The molecule has 2 heterocycles. The summed E-state index contributed by atoms with van der Waals surface area (Å²) in [5.41, 5.74) is 1.68. The van der Waals surface area contributed by atoms with Crippen LogP contribution < -0.4 is 5.32 Å². The molecule has 25 heavy (non-hydrogen) atoms. The molecule has 0 bridgehead atoms. The number of amides is 1. The van der Waals surface area contributed by atoms with Crippen molar-refractivity contribution in [3.05, 3.63) is 41.2 Å². The number of aromatic nitrogens is 4. The van der Waals surface area contributed by atoms with Crippen molar-refractivity contribution in [1.29, 1.82) is 0 Å². The number of likely N-dealkylation sites (N-methyl/N-ethyl adjacent to an activating group) is 1. The fourth-order valence-electron chi connectivity index (χ4n) is 3.07. The van der Waals surface area contributed by atoms with Gasteiger partial charge in [-0.15, -0.1) is 5.10 Å². The number of hydrogen-bond acceptors (Lipinski definition) is 6. The molecule has 1 aromatic heterocycles. The maximum atomic E-state index is 12.5. The minimum absolute atomic E-state index is 0.0148. The van der Waals surface area contributed by atoms with Crippen molar-refractivity contribution in [2.45, 2.75) is 32.5 Å². The summed E-state index contributed by atoms with van der Waals surface area (Å²) >= 11 is 0. The first-order valence-electron chi connectivity index (χ1n) is 8.49. The van der Waals surface area contributed by atoms with Crippen LogP contribution in [0.2, 0.25) is 0 Å². The number of carbonyl (C=O) groups excluding carboxylic acids is 1. The summed E-state index contributed by atoms with van der Waals surface area (Å²) < 4.78 is 7.45. The van der Waals surface area contributed by atoms with E-state index in [-0.39, 0.29) is 18.1 Å². The topological polar surface area (TPSA) is 85.2 Å². The first-order chi connectivity index (χ1) is 12.1. The van der Waals surface area contributed by atoms with Gasteiger partial charge in [-0.2, -0.15) is 0 Å². The molecule has 1 aliphatic rings. The van der Waals surface area contributed by atoms with Crippen molar-refractivity contribution < 1.29 is 9.53 Å². The first kappa shape index (κ1) is 17.5. The second-order valence-corrected chi connectivity index (χ2v) is 6.38. The molecule has 2 atom stereocenters. The van der Waals surface area contributed by atoms with E-state index in [1.807, 2.05) is 45.2 Å². The van der Waals surface area contributed by atoms with E-state index in [4.69, 9.17) is 4.74 Å². The van der Waals surface area contributed by atoms with Crippen LogP contribution >= 0.6 is 0 Å². The van der Waals surface area contributed by atoms with E-state index in [1.165, 1.54) is 0 Å². The summed E-state index contributed by atoms with van der Waals surface area (Å²) in [6.07, 6.45) is 0.0426. The molecule has 0 radical (unpaired) electrons. The number of benzene rings is 1. The highest BCUT2D eigenvalue weighted by molar-refractivity contribution is 5.94. The monoisotopic (exact) mass is 344 g/mol. The molecular formula is C17H24N6O2. The highest BCUT2D eigenvalue weighted by Crippen LogP contribution is 2.13. The van der Waals surface area contributed by atoms with E-state index in [1.54, 1.807) is 4.68 Å². The van der Waals surface area contributed by atoms with Gasteiger partial charge in [0.25, 0.3) is 5.91 Å². The zero-order valence-corrected chi connectivity index (χ0v) is 14.8. The van der Waals surface area contributed by atoms with Crippen LogP contribution in [0, 0.1) is 6.92 Å². The largest absolute Gasteiger partial charge is 0.375 e. The Hall–Kier alpha value is -2.32. The predicted octanol–water partition coefficient (Wildman–Crippen LogP) is 0.479. The predicted molar refractivity (Wildman–Crippen MR) is 92.3 cm³/mol. The van der Waals surface area contributed by atoms with Crippen LogP contribution in [0.3, 0.4) is 0 Å². The zero-order valence-electron chi connectivity index (χ0n) is 14.8. The molecule has 1 fully saturated rings. The van der Waals surface area contributed by atoms with Crippen LogP contribution in [0.1, 0.15) is 28.7 Å². The molecule has 1 amide bonds. The fourth-order valence-corrected chi connectivity index (χ4v) is 3.07. The van der Waals surface area contributed by atoms with E-state index in [0.29, 0.717) is 18.7 Å². The summed E-state index contributed by atoms with van der Waals surface area (Å²) in [6, 6.07) is 7.53. The number of tetrazole rings is 1. The van der Waals surface area contributed by atoms with Crippen molar-refractivity contribution in [3.63, 3.8) is 0 Å². The SMILES string of the molecule is CCO[C@@H]1CN(C)C[C@H]1NC(=O)c1ccc(Cn2nnnc2C)cc1. The Morgan fingerprint density at radius 1 is 1.32 bits per heavy atom. The van der Waals surface area contributed by atoms with Gasteiger partial charge < -0.3 is 15.0 Å². The second kappa shape index (κ2) is 7.71. The van der Waals surface area contributed by atoms with Crippen molar-refractivity contribution >= 4 is 5.91 Å². The Balaban J connectivity index is 1.61. The molecule has 1 N–H and O–H groups in total. The van der Waals surface area contributed by atoms with Crippen LogP contribution in [-0.2, 0) is 11.3 Å². The van der Waals surface area contributed by atoms with Gasteiger partial charge >= 0.3 is 0 Å². The van der Waals surface area contributed by atoms with Gasteiger partial charge in [0.05, 0.1) is 18.7 Å². The Morgan fingerprint density at radius 2 is 2.08 bits per heavy atom. The fraction of sp³-hybridized carbons (Fsp3) is 0.529. The number of ether oxygens (including phenoxy) is 1. The van der Waals surface area contributed by atoms with Crippen molar-refractivity contribution in [1.82, 2.24) is 30.4 Å². The molecule has 1 aliphatic heterocycles. The number of rotatable bonds is 6. The van der Waals surface area contributed by atoms with Gasteiger partial charge in [0, 0.05) is 25.3 Å². The van der Waals surface area contributed by atoms with Crippen LogP contribution in [0.15, 0.2) is 24.3 Å². The summed E-state index contributed by atoms with van der Waals surface area (Å²) in [5.74, 6) is 0.685. The van der Waals surface area contributed by atoms with Crippen LogP contribution in [-0.4, -0.2) is 69.9 Å². The Kier molecular flexibility index (Phi) is 5.40. The van der Waals surface area contributed by atoms with Gasteiger partial charge in [0.1, 0.15) is 5.82 Å². The second-order valence-electron chi connectivity index (χ2n) is 6.38. The lowest BCUT2D eigenvalue weighted by atomic mass is 10.1. The molecule has 134 valence electrons. The quantitative estimate of drug-likeness (QED) is 0.820. The smallest absolute Gasteiger partial charge is 0.251 e.